The Morgan fingerprint density at radius 2 is 2.26 bits per heavy atom. The molecule has 0 bridgehead atoms. The van der Waals surface area contributed by atoms with Crippen LogP contribution in [-0.4, -0.2) is 39.4 Å². The summed E-state index contributed by atoms with van der Waals surface area (Å²) in [6.45, 7) is 5.04. The van der Waals surface area contributed by atoms with Crippen LogP contribution in [0.5, 0.6) is 0 Å². The van der Waals surface area contributed by atoms with Crippen molar-refractivity contribution in [3.8, 4) is 0 Å². The molecule has 0 aromatic carbocycles. The number of hydrogen-bond donors (Lipinski definition) is 0. The molecule has 1 fully saturated rings. The van der Waals surface area contributed by atoms with Gasteiger partial charge in [0.15, 0.2) is 5.69 Å². The smallest absolute Gasteiger partial charge is 0.371 e. The van der Waals surface area contributed by atoms with Crippen LogP contribution >= 0.6 is 11.3 Å². The molecule has 1 saturated heterocycles. The summed E-state index contributed by atoms with van der Waals surface area (Å²) in [4.78, 5) is 5.75. The number of nitrogens with zero attached hydrogens (tertiary/aromatic N) is 4. The number of halogens is 3. The normalized spacial score (nSPS) is 20.1. The van der Waals surface area contributed by atoms with E-state index in [1.165, 1.54) is 0 Å². The second-order valence-electron chi connectivity index (χ2n) is 5.35. The molecule has 2 aromatic rings. The summed E-state index contributed by atoms with van der Waals surface area (Å²) < 4.78 is 45.4. The van der Waals surface area contributed by atoms with Gasteiger partial charge in [0.25, 0.3) is 0 Å². The number of thiazole rings is 1. The van der Waals surface area contributed by atoms with Gasteiger partial charge in [-0.1, -0.05) is 0 Å². The van der Waals surface area contributed by atoms with E-state index in [9.17, 15) is 13.2 Å². The largest absolute Gasteiger partial charge is 0.434 e. The zero-order chi connectivity index (χ0) is 16.4. The third-order valence-electron chi connectivity index (χ3n) is 3.70. The molecule has 5 nitrogen and oxygen atoms in total. The second kappa shape index (κ2) is 6.58. The Hall–Kier alpha value is -1.45. The Labute approximate surface area is 135 Å². The molecular formula is C14H17F3N4OS. The molecule has 1 atom stereocenters. The Morgan fingerprint density at radius 3 is 2.91 bits per heavy atom. The maximum Gasteiger partial charge on any atom is 0.434 e. The maximum absolute atomic E-state index is 12.6. The summed E-state index contributed by atoms with van der Waals surface area (Å²) >= 11 is 1.04. The first-order valence-corrected chi connectivity index (χ1v) is 8.21. The number of hydrogen-bond acceptors (Lipinski definition) is 5. The van der Waals surface area contributed by atoms with Crippen molar-refractivity contribution in [2.24, 2.45) is 0 Å². The third kappa shape index (κ3) is 3.91. The summed E-state index contributed by atoms with van der Waals surface area (Å²) in [5, 5.41) is 5.77. The van der Waals surface area contributed by atoms with Crippen molar-refractivity contribution in [2.45, 2.75) is 32.3 Å². The summed E-state index contributed by atoms with van der Waals surface area (Å²) in [6.07, 6.45) is -0.759. The highest BCUT2D eigenvalue weighted by atomic mass is 32.1. The molecule has 2 aromatic heterocycles. The molecule has 23 heavy (non-hydrogen) atoms. The van der Waals surface area contributed by atoms with Gasteiger partial charge in [-0.2, -0.15) is 18.3 Å². The van der Waals surface area contributed by atoms with E-state index in [0.717, 1.165) is 28.8 Å². The standard InChI is InChI=1S/C14H17F3N4OS/c1-2-21-6-10(5-18-21)11-7-20(3-4-22-11)8-13-19-12(9-23-13)14(15,16)17/h5-6,9,11H,2-4,7-8H2,1H3/t11-/m1/s1. The molecule has 0 radical (unpaired) electrons. The average molecular weight is 346 g/mol. The maximum atomic E-state index is 12.6. The van der Waals surface area contributed by atoms with Crippen LogP contribution in [-0.2, 0) is 24.0 Å². The molecule has 0 aliphatic carbocycles. The summed E-state index contributed by atoms with van der Waals surface area (Å²) in [6, 6.07) is 0. The molecule has 0 amide bonds. The monoisotopic (exact) mass is 346 g/mol. The number of ether oxygens (including phenoxy) is 1. The van der Waals surface area contributed by atoms with E-state index >= 15 is 0 Å². The lowest BCUT2D eigenvalue weighted by Crippen LogP contribution is -2.37. The fourth-order valence-electron chi connectivity index (χ4n) is 2.47. The van der Waals surface area contributed by atoms with Gasteiger partial charge in [0.05, 0.1) is 25.5 Å². The molecule has 1 aliphatic rings. The van der Waals surface area contributed by atoms with Crippen molar-refractivity contribution in [3.63, 3.8) is 0 Å². The van der Waals surface area contributed by atoms with Crippen molar-refractivity contribution in [3.05, 3.63) is 34.0 Å². The van der Waals surface area contributed by atoms with Crippen molar-refractivity contribution >= 4 is 11.3 Å². The van der Waals surface area contributed by atoms with Gasteiger partial charge in [-0.15, -0.1) is 11.3 Å². The first-order chi connectivity index (χ1) is 11.0. The molecule has 0 spiro atoms. The lowest BCUT2D eigenvalue weighted by atomic mass is 10.1. The lowest BCUT2D eigenvalue weighted by Gasteiger charge is -2.31. The summed E-state index contributed by atoms with van der Waals surface area (Å²) in [7, 11) is 0. The van der Waals surface area contributed by atoms with Crippen LogP contribution in [0.25, 0.3) is 0 Å². The third-order valence-corrected chi connectivity index (χ3v) is 4.53. The van der Waals surface area contributed by atoms with E-state index < -0.39 is 11.9 Å². The second-order valence-corrected chi connectivity index (χ2v) is 6.29. The highest BCUT2D eigenvalue weighted by Gasteiger charge is 2.34. The predicted molar refractivity (Wildman–Crippen MR) is 79.0 cm³/mol. The fourth-order valence-corrected chi connectivity index (χ4v) is 3.31. The van der Waals surface area contributed by atoms with Crippen LogP contribution < -0.4 is 0 Å². The molecule has 1 aliphatic heterocycles. The minimum absolute atomic E-state index is 0.105. The van der Waals surface area contributed by atoms with Crippen LogP contribution in [0.4, 0.5) is 13.2 Å². The van der Waals surface area contributed by atoms with Gasteiger partial charge in [-0.3, -0.25) is 9.58 Å². The summed E-state index contributed by atoms with van der Waals surface area (Å²) in [5.41, 5.74) is 0.179. The topological polar surface area (TPSA) is 43.2 Å². The molecule has 0 unspecified atom stereocenters. The quantitative estimate of drug-likeness (QED) is 0.854. The number of alkyl halides is 3. The first kappa shape index (κ1) is 16.4. The fraction of sp³-hybridized carbons (Fsp3) is 0.571. The van der Waals surface area contributed by atoms with Crippen molar-refractivity contribution < 1.29 is 17.9 Å². The molecule has 3 heterocycles. The van der Waals surface area contributed by atoms with Crippen LogP contribution in [0.1, 0.15) is 29.3 Å². The minimum Gasteiger partial charge on any atom is -0.371 e. The van der Waals surface area contributed by atoms with Gasteiger partial charge in [0.1, 0.15) is 5.01 Å². The highest BCUT2D eigenvalue weighted by Crippen LogP contribution is 2.31. The van der Waals surface area contributed by atoms with Gasteiger partial charge < -0.3 is 4.74 Å². The molecular weight excluding hydrogens is 329 g/mol. The van der Waals surface area contributed by atoms with E-state index in [-0.39, 0.29) is 6.10 Å². The molecule has 3 rings (SSSR count). The van der Waals surface area contributed by atoms with Gasteiger partial charge in [0, 0.05) is 36.8 Å². The van der Waals surface area contributed by atoms with E-state index in [0.29, 0.717) is 31.2 Å². The Balaban J connectivity index is 1.63. The Kier molecular flexibility index (Phi) is 4.69. The van der Waals surface area contributed by atoms with E-state index in [4.69, 9.17) is 4.74 Å². The first-order valence-electron chi connectivity index (χ1n) is 7.33. The highest BCUT2D eigenvalue weighted by molar-refractivity contribution is 7.09. The van der Waals surface area contributed by atoms with Gasteiger partial charge in [-0.25, -0.2) is 4.98 Å². The van der Waals surface area contributed by atoms with E-state index in [1.807, 2.05) is 17.8 Å². The Morgan fingerprint density at radius 1 is 1.43 bits per heavy atom. The SMILES string of the molecule is CCn1cc([C@H]2CN(Cc3nc(C(F)(F)F)cs3)CCO2)cn1. The van der Waals surface area contributed by atoms with Gasteiger partial charge in [-0.05, 0) is 6.92 Å². The predicted octanol–water partition coefficient (Wildman–Crippen LogP) is 2.95. The zero-order valence-electron chi connectivity index (χ0n) is 12.6. The molecule has 126 valence electrons. The summed E-state index contributed by atoms with van der Waals surface area (Å²) in [5.74, 6) is 0. The Bertz CT molecular complexity index is 654. The molecule has 9 heteroatoms. The number of aromatic nitrogens is 3. The number of rotatable bonds is 4. The van der Waals surface area contributed by atoms with Crippen LogP contribution in [0.2, 0.25) is 0 Å². The van der Waals surface area contributed by atoms with Crippen molar-refractivity contribution in [2.75, 3.05) is 19.7 Å². The average Bonchev–Trinajstić information content (AvgIpc) is 3.15. The van der Waals surface area contributed by atoms with Gasteiger partial charge >= 0.3 is 6.18 Å². The van der Waals surface area contributed by atoms with Crippen LogP contribution in [0.3, 0.4) is 0 Å². The zero-order valence-corrected chi connectivity index (χ0v) is 13.4. The van der Waals surface area contributed by atoms with E-state index in [1.54, 1.807) is 6.20 Å². The number of morpholine rings is 1. The van der Waals surface area contributed by atoms with Crippen LogP contribution in [0.15, 0.2) is 17.8 Å². The number of aryl methyl sites for hydroxylation is 1. The molecule has 0 N–H and O–H groups in total. The lowest BCUT2D eigenvalue weighted by molar-refractivity contribution is -0.140. The van der Waals surface area contributed by atoms with Gasteiger partial charge in [0.2, 0.25) is 0 Å². The van der Waals surface area contributed by atoms with Crippen molar-refractivity contribution in [1.29, 1.82) is 0 Å². The van der Waals surface area contributed by atoms with Crippen LogP contribution in [0, 0.1) is 0 Å². The molecule has 0 saturated carbocycles. The van der Waals surface area contributed by atoms with Crippen molar-refractivity contribution in [1.82, 2.24) is 19.7 Å². The van der Waals surface area contributed by atoms with E-state index in [2.05, 4.69) is 15.0 Å². The minimum atomic E-state index is -4.38.